The number of hydrogen-bond donors (Lipinski definition) is 1. The third-order valence-corrected chi connectivity index (χ3v) is 1.44. The fourth-order valence-corrected chi connectivity index (χ4v) is 0.878. The number of nitrogens with two attached hydrogens (primary N) is 1. The minimum atomic E-state index is 0. The molecule has 0 fully saturated rings. The molecule has 1 aromatic carbocycles. The molecule has 0 amide bonds. The molecule has 0 saturated carbocycles. The predicted octanol–water partition coefficient (Wildman–Crippen LogP) is 1.47. The Hall–Kier alpha value is -1.24. The molecule has 0 heterocycles. The van der Waals surface area contributed by atoms with E-state index in [4.69, 9.17) is 15.7 Å². The lowest BCUT2D eigenvalue weighted by Crippen LogP contribution is -1.98. The molecule has 0 bridgehead atoms. The van der Waals surface area contributed by atoms with Crippen molar-refractivity contribution in [3.63, 3.8) is 0 Å². The van der Waals surface area contributed by atoms with E-state index >= 15 is 0 Å². The molecule has 0 atom stereocenters. The maximum atomic E-state index is 8.25. The van der Waals surface area contributed by atoms with Gasteiger partial charge in [-0.2, -0.15) is 5.26 Å². The van der Waals surface area contributed by atoms with Crippen molar-refractivity contribution in [1.82, 2.24) is 0 Å². The van der Waals surface area contributed by atoms with Gasteiger partial charge in [0.2, 0.25) is 0 Å². The monoisotopic (exact) mass is 198 g/mol. The number of rotatable bonds is 3. The Morgan fingerprint density at radius 3 is 2.85 bits per heavy atom. The standard InChI is InChI=1S/C9H10N2O.ClH/c10-4-5-12-9-3-1-2-8(6-9)7-11;/h1-3,6H,5,7,11H2;1H. The molecule has 0 spiro atoms. The van der Waals surface area contributed by atoms with Gasteiger partial charge in [-0.3, -0.25) is 0 Å². The third kappa shape index (κ3) is 3.79. The molecular weight excluding hydrogens is 188 g/mol. The van der Waals surface area contributed by atoms with E-state index in [1.807, 2.05) is 24.3 Å². The van der Waals surface area contributed by atoms with Crippen LogP contribution in [-0.2, 0) is 6.54 Å². The fourth-order valence-electron chi connectivity index (χ4n) is 0.878. The maximum absolute atomic E-state index is 8.25. The van der Waals surface area contributed by atoms with Crippen molar-refractivity contribution in [2.45, 2.75) is 6.54 Å². The molecule has 3 nitrogen and oxygen atoms in total. The van der Waals surface area contributed by atoms with Crippen molar-refractivity contribution in [1.29, 1.82) is 5.26 Å². The lowest BCUT2D eigenvalue weighted by atomic mass is 10.2. The maximum Gasteiger partial charge on any atom is 0.174 e. The lowest BCUT2D eigenvalue weighted by molar-refractivity contribution is 0.368. The number of halogens is 1. The van der Waals surface area contributed by atoms with Gasteiger partial charge in [-0.05, 0) is 17.7 Å². The zero-order valence-electron chi connectivity index (χ0n) is 7.06. The normalized spacial score (nSPS) is 8.31. The first-order valence-electron chi connectivity index (χ1n) is 3.65. The second-order valence-corrected chi connectivity index (χ2v) is 2.30. The molecule has 0 saturated heterocycles. The molecule has 13 heavy (non-hydrogen) atoms. The van der Waals surface area contributed by atoms with E-state index in [0.29, 0.717) is 12.3 Å². The molecule has 2 N–H and O–H groups in total. The fraction of sp³-hybridized carbons (Fsp3) is 0.222. The van der Waals surface area contributed by atoms with Gasteiger partial charge >= 0.3 is 0 Å². The van der Waals surface area contributed by atoms with E-state index in [-0.39, 0.29) is 19.0 Å². The molecule has 0 aliphatic heterocycles. The lowest BCUT2D eigenvalue weighted by Gasteiger charge is -2.02. The summed E-state index contributed by atoms with van der Waals surface area (Å²) in [6.07, 6.45) is 0. The molecule has 0 unspecified atom stereocenters. The smallest absolute Gasteiger partial charge is 0.174 e. The van der Waals surface area contributed by atoms with Crippen LogP contribution in [0.15, 0.2) is 24.3 Å². The molecule has 1 rings (SSSR count). The summed E-state index contributed by atoms with van der Waals surface area (Å²) in [6.45, 7) is 0.567. The third-order valence-electron chi connectivity index (χ3n) is 1.44. The summed E-state index contributed by atoms with van der Waals surface area (Å²) < 4.78 is 5.08. The molecular formula is C9H11ClN2O. The first-order chi connectivity index (χ1) is 5.86. The quantitative estimate of drug-likeness (QED) is 0.800. The molecule has 0 radical (unpaired) electrons. The van der Waals surface area contributed by atoms with Gasteiger partial charge in [-0.1, -0.05) is 12.1 Å². The van der Waals surface area contributed by atoms with Crippen LogP contribution in [0.4, 0.5) is 0 Å². The Balaban J connectivity index is 0.00000144. The van der Waals surface area contributed by atoms with Crippen molar-refractivity contribution in [3.8, 4) is 11.8 Å². The van der Waals surface area contributed by atoms with Crippen molar-refractivity contribution in [2.75, 3.05) is 6.61 Å². The van der Waals surface area contributed by atoms with Crippen LogP contribution in [0.5, 0.6) is 5.75 Å². The Bertz CT molecular complexity index is 296. The Morgan fingerprint density at radius 2 is 2.23 bits per heavy atom. The van der Waals surface area contributed by atoms with Crippen LogP contribution in [0.3, 0.4) is 0 Å². The van der Waals surface area contributed by atoms with E-state index in [0.717, 1.165) is 5.56 Å². The van der Waals surface area contributed by atoms with E-state index in [9.17, 15) is 0 Å². The zero-order chi connectivity index (χ0) is 8.81. The Morgan fingerprint density at radius 1 is 1.46 bits per heavy atom. The van der Waals surface area contributed by atoms with E-state index in [1.165, 1.54) is 0 Å². The molecule has 0 aliphatic carbocycles. The second kappa shape index (κ2) is 6.30. The summed E-state index contributed by atoms with van der Waals surface area (Å²) in [7, 11) is 0. The van der Waals surface area contributed by atoms with Crippen LogP contribution in [0.1, 0.15) is 5.56 Å². The van der Waals surface area contributed by atoms with Gasteiger partial charge in [0, 0.05) is 6.54 Å². The summed E-state index contributed by atoms with van der Waals surface area (Å²) in [6, 6.07) is 9.30. The summed E-state index contributed by atoms with van der Waals surface area (Å²) >= 11 is 0. The second-order valence-electron chi connectivity index (χ2n) is 2.30. The largest absolute Gasteiger partial charge is 0.479 e. The molecule has 1 aromatic rings. The summed E-state index contributed by atoms with van der Waals surface area (Å²) in [5.74, 6) is 0.694. The highest BCUT2D eigenvalue weighted by atomic mass is 35.5. The predicted molar refractivity (Wildman–Crippen MR) is 52.7 cm³/mol. The SMILES string of the molecule is Cl.N#CCOc1cccc(CN)c1. The Labute approximate surface area is 83.5 Å². The minimum Gasteiger partial charge on any atom is -0.479 e. The summed E-state index contributed by atoms with van der Waals surface area (Å²) in [5.41, 5.74) is 6.43. The number of nitrogens with zero attached hydrogens (tertiary/aromatic N) is 1. The van der Waals surface area contributed by atoms with Crippen LogP contribution in [0, 0.1) is 11.3 Å². The zero-order valence-corrected chi connectivity index (χ0v) is 7.88. The van der Waals surface area contributed by atoms with Gasteiger partial charge in [0.25, 0.3) is 0 Å². The van der Waals surface area contributed by atoms with Crippen molar-refractivity contribution in [2.24, 2.45) is 5.73 Å². The van der Waals surface area contributed by atoms with Gasteiger partial charge in [0.05, 0.1) is 0 Å². The van der Waals surface area contributed by atoms with Crippen molar-refractivity contribution >= 4 is 12.4 Å². The highest BCUT2D eigenvalue weighted by Gasteiger charge is 1.93. The van der Waals surface area contributed by atoms with Crippen LogP contribution in [0.2, 0.25) is 0 Å². The van der Waals surface area contributed by atoms with Crippen LogP contribution in [0.25, 0.3) is 0 Å². The average Bonchev–Trinajstić information content (AvgIpc) is 2.15. The van der Waals surface area contributed by atoms with E-state index < -0.39 is 0 Å². The highest BCUT2D eigenvalue weighted by Crippen LogP contribution is 2.12. The van der Waals surface area contributed by atoms with Gasteiger partial charge < -0.3 is 10.5 Å². The van der Waals surface area contributed by atoms with Gasteiger partial charge in [0.15, 0.2) is 6.61 Å². The highest BCUT2D eigenvalue weighted by molar-refractivity contribution is 5.85. The van der Waals surface area contributed by atoms with Crippen LogP contribution in [-0.4, -0.2) is 6.61 Å². The van der Waals surface area contributed by atoms with E-state index in [1.54, 1.807) is 6.07 Å². The van der Waals surface area contributed by atoms with Gasteiger partial charge in [0.1, 0.15) is 11.8 Å². The Kier molecular flexibility index (Phi) is 5.69. The van der Waals surface area contributed by atoms with Crippen molar-refractivity contribution in [3.05, 3.63) is 29.8 Å². The van der Waals surface area contributed by atoms with Crippen molar-refractivity contribution < 1.29 is 4.74 Å². The minimum absolute atomic E-state index is 0. The van der Waals surface area contributed by atoms with E-state index in [2.05, 4.69) is 0 Å². The number of nitriles is 1. The molecule has 70 valence electrons. The summed E-state index contributed by atoms with van der Waals surface area (Å²) in [5, 5.41) is 8.25. The molecule has 0 aromatic heterocycles. The first-order valence-corrected chi connectivity index (χ1v) is 3.65. The molecule has 0 aliphatic rings. The number of ether oxygens (including phenoxy) is 1. The topological polar surface area (TPSA) is 59.0 Å². The van der Waals surface area contributed by atoms with Crippen LogP contribution >= 0.6 is 12.4 Å². The number of benzene rings is 1. The van der Waals surface area contributed by atoms with Gasteiger partial charge in [-0.15, -0.1) is 12.4 Å². The molecule has 4 heteroatoms. The average molecular weight is 199 g/mol. The summed E-state index contributed by atoms with van der Waals surface area (Å²) in [4.78, 5) is 0. The number of hydrogen-bond acceptors (Lipinski definition) is 3. The van der Waals surface area contributed by atoms with Crippen LogP contribution < -0.4 is 10.5 Å². The first kappa shape index (κ1) is 11.8. The van der Waals surface area contributed by atoms with Gasteiger partial charge in [-0.25, -0.2) is 0 Å².